The van der Waals surface area contributed by atoms with Crippen LogP contribution in [0.3, 0.4) is 0 Å². The number of nitrogens with zero attached hydrogens (tertiary/aromatic N) is 5. The van der Waals surface area contributed by atoms with Crippen molar-refractivity contribution in [2.75, 3.05) is 68.7 Å². The summed E-state index contributed by atoms with van der Waals surface area (Å²) >= 11 is 0. The third-order valence-corrected chi connectivity index (χ3v) is 7.79. The normalized spacial score (nSPS) is 15.4. The second-order valence-electron chi connectivity index (χ2n) is 10.9. The molecule has 1 saturated heterocycles. The maximum absolute atomic E-state index is 14.1. The van der Waals surface area contributed by atoms with Crippen molar-refractivity contribution in [3.63, 3.8) is 0 Å². The molecule has 3 aromatic carbocycles. The molecule has 0 atom stereocenters. The molecule has 226 valence electrons. The van der Waals surface area contributed by atoms with E-state index in [2.05, 4.69) is 39.2 Å². The molecule has 2 heterocycles. The first-order chi connectivity index (χ1) is 20.7. The highest BCUT2D eigenvalue weighted by Crippen LogP contribution is 2.35. The van der Waals surface area contributed by atoms with Crippen molar-refractivity contribution in [1.29, 1.82) is 0 Å². The molecule has 0 unspecified atom stereocenters. The number of amidine groups is 1. The summed E-state index contributed by atoms with van der Waals surface area (Å²) in [6.07, 6.45) is 1.70. The quantitative estimate of drug-likeness (QED) is 0.274. The summed E-state index contributed by atoms with van der Waals surface area (Å²) in [5, 5.41) is 3.15. The molecular weight excluding hydrogens is 542 g/mol. The summed E-state index contributed by atoms with van der Waals surface area (Å²) in [6.45, 7) is 11.4. The molecule has 10 nitrogen and oxygen atoms in total. The molecule has 0 radical (unpaired) electrons. The highest BCUT2D eigenvalue weighted by Gasteiger charge is 2.25. The summed E-state index contributed by atoms with van der Waals surface area (Å²) in [5.74, 6) is 2.08. The van der Waals surface area contributed by atoms with Crippen LogP contribution in [0.5, 0.6) is 11.5 Å². The van der Waals surface area contributed by atoms with Crippen LogP contribution in [0.15, 0.2) is 77.6 Å². The van der Waals surface area contributed by atoms with Crippen LogP contribution in [0.1, 0.15) is 18.1 Å². The molecule has 0 bridgehead atoms. The molecule has 0 aliphatic carbocycles. The van der Waals surface area contributed by atoms with Crippen LogP contribution in [-0.4, -0.2) is 75.3 Å². The number of anilines is 3. The van der Waals surface area contributed by atoms with Gasteiger partial charge in [-0.1, -0.05) is 25.1 Å². The Kier molecular flexibility index (Phi) is 9.06. The molecule has 0 saturated carbocycles. The highest BCUT2D eigenvalue weighted by molar-refractivity contribution is 6.06. The first-order valence-electron chi connectivity index (χ1n) is 14.6. The largest absolute Gasteiger partial charge is 0.454 e. The topological polar surface area (TPSA) is 98.9 Å². The van der Waals surface area contributed by atoms with Gasteiger partial charge in [0.25, 0.3) is 0 Å². The third kappa shape index (κ3) is 6.86. The van der Waals surface area contributed by atoms with Gasteiger partial charge >= 0.3 is 6.03 Å². The van der Waals surface area contributed by atoms with Crippen LogP contribution >= 0.6 is 0 Å². The predicted molar refractivity (Wildman–Crippen MR) is 174 cm³/mol. The van der Waals surface area contributed by atoms with E-state index in [0.717, 1.165) is 55.2 Å². The molecule has 2 amide bonds. The number of para-hydroxylation sites is 1. The number of urea groups is 1. The van der Waals surface area contributed by atoms with Crippen LogP contribution in [0.2, 0.25) is 0 Å². The van der Waals surface area contributed by atoms with Gasteiger partial charge in [-0.25, -0.2) is 14.7 Å². The molecule has 10 heteroatoms. The van der Waals surface area contributed by atoms with E-state index in [1.807, 2.05) is 69.2 Å². The summed E-state index contributed by atoms with van der Waals surface area (Å²) < 4.78 is 10.9. The maximum atomic E-state index is 14.1. The van der Waals surface area contributed by atoms with Crippen molar-refractivity contribution in [2.24, 2.45) is 10.7 Å². The average molecular weight is 584 g/mol. The minimum Gasteiger partial charge on any atom is -0.454 e. The van der Waals surface area contributed by atoms with Gasteiger partial charge < -0.3 is 35.2 Å². The minimum absolute atomic E-state index is 0.181. The fourth-order valence-corrected chi connectivity index (χ4v) is 5.32. The standard InChI is InChI=1S/C33H41N7O3/c1-6-38-16-18-39(19-17-38)26-11-13-27(14-12-26)40(33(41)36-32-23(2)8-7-9-24(32)3)31(37(4)5)21-30(34)35-25-10-15-28-29(20-25)43-22-42-28/h7-15,20-21H,6,16-19,22H2,1-5H3,(H2,34,35)(H,36,41)/b31-21+. The molecule has 3 N–H and O–H groups in total. The predicted octanol–water partition coefficient (Wildman–Crippen LogP) is 5.30. The lowest BCUT2D eigenvalue weighted by atomic mass is 10.1. The number of amides is 2. The van der Waals surface area contributed by atoms with Gasteiger partial charge in [0, 0.05) is 63.8 Å². The van der Waals surface area contributed by atoms with E-state index < -0.39 is 0 Å². The highest BCUT2D eigenvalue weighted by atomic mass is 16.7. The Morgan fingerprint density at radius 1 is 0.977 bits per heavy atom. The summed E-state index contributed by atoms with van der Waals surface area (Å²) in [5.41, 5.74) is 11.7. The monoisotopic (exact) mass is 583 g/mol. The van der Waals surface area contributed by atoms with E-state index in [4.69, 9.17) is 15.2 Å². The molecule has 43 heavy (non-hydrogen) atoms. The first kappa shape index (κ1) is 29.8. The summed E-state index contributed by atoms with van der Waals surface area (Å²) in [7, 11) is 3.75. The van der Waals surface area contributed by atoms with Crippen molar-refractivity contribution < 1.29 is 14.3 Å². The number of nitrogens with one attached hydrogen (secondary N) is 1. The number of likely N-dealkylation sites (N-methyl/N-ethyl adjacent to an activating group) is 1. The Bertz CT molecular complexity index is 1490. The van der Waals surface area contributed by atoms with Gasteiger partial charge in [0.15, 0.2) is 11.5 Å². The molecule has 0 spiro atoms. The number of aryl methyl sites for hydroxylation is 2. The number of aliphatic imine (C=N–C) groups is 1. The SMILES string of the molecule is CCN1CCN(c2ccc(N(C(=O)Nc3c(C)cccc3C)/C(=C/C(N)=Nc3ccc4c(c3)OCO4)N(C)C)cc2)CC1. The molecule has 2 aliphatic rings. The van der Waals surface area contributed by atoms with Crippen molar-refractivity contribution in [3.05, 3.63) is 83.7 Å². The number of piperazine rings is 1. The van der Waals surface area contributed by atoms with E-state index in [1.54, 1.807) is 23.1 Å². The van der Waals surface area contributed by atoms with Gasteiger partial charge in [-0.3, -0.25) is 0 Å². The zero-order chi connectivity index (χ0) is 30.5. The van der Waals surface area contributed by atoms with E-state index >= 15 is 0 Å². The van der Waals surface area contributed by atoms with E-state index in [-0.39, 0.29) is 18.7 Å². The maximum Gasteiger partial charge on any atom is 0.332 e. The van der Waals surface area contributed by atoms with E-state index in [9.17, 15) is 4.79 Å². The number of rotatable bonds is 8. The summed E-state index contributed by atoms with van der Waals surface area (Å²) in [4.78, 5) is 27.0. The van der Waals surface area contributed by atoms with Crippen LogP contribution < -0.4 is 30.3 Å². The Morgan fingerprint density at radius 3 is 2.30 bits per heavy atom. The number of hydrogen-bond donors (Lipinski definition) is 2. The van der Waals surface area contributed by atoms with Crippen molar-refractivity contribution >= 4 is 34.6 Å². The molecule has 3 aromatic rings. The smallest absolute Gasteiger partial charge is 0.332 e. The van der Waals surface area contributed by atoms with Gasteiger partial charge in [-0.2, -0.15) is 0 Å². The second-order valence-corrected chi connectivity index (χ2v) is 10.9. The molecule has 1 fully saturated rings. The molecule has 5 rings (SSSR count). The average Bonchev–Trinajstić information content (AvgIpc) is 3.47. The lowest BCUT2D eigenvalue weighted by Gasteiger charge is -2.36. The number of benzene rings is 3. The van der Waals surface area contributed by atoms with Gasteiger partial charge in [-0.15, -0.1) is 0 Å². The van der Waals surface area contributed by atoms with Crippen LogP contribution in [0, 0.1) is 13.8 Å². The lowest BCUT2D eigenvalue weighted by Crippen LogP contribution is -2.46. The fourth-order valence-electron chi connectivity index (χ4n) is 5.32. The fraction of sp³-hybridized carbons (Fsp3) is 0.333. The zero-order valence-electron chi connectivity index (χ0n) is 25.6. The van der Waals surface area contributed by atoms with Crippen molar-refractivity contribution in [1.82, 2.24) is 9.80 Å². The first-order valence-corrected chi connectivity index (χ1v) is 14.6. The Labute approximate surface area is 254 Å². The number of fused-ring (bicyclic) bond motifs is 1. The minimum atomic E-state index is -0.308. The Morgan fingerprint density at radius 2 is 1.65 bits per heavy atom. The molecular formula is C33H41N7O3. The number of carbonyl (C=O) groups is 1. The lowest BCUT2D eigenvalue weighted by molar-refractivity contribution is 0.174. The van der Waals surface area contributed by atoms with E-state index in [1.165, 1.54) is 0 Å². The Balaban J connectivity index is 1.49. The second kappa shape index (κ2) is 13.1. The van der Waals surface area contributed by atoms with E-state index in [0.29, 0.717) is 28.7 Å². The summed E-state index contributed by atoms with van der Waals surface area (Å²) in [6, 6.07) is 19.2. The van der Waals surface area contributed by atoms with Gasteiger partial charge in [-0.05, 0) is 67.9 Å². The van der Waals surface area contributed by atoms with Crippen molar-refractivity contribution in [3.8, 4) is 11.5 Å². The van der Waals surface area contributed by atoms with Crippen LogP contribution in [0.25, 0.3) is 0 Å². The van der Waals surface area contributed by atoms with Gasteiger partial charge in [0.1, 0.15) is 11.7 Å². The number of hydrogen-bond acceptors (Lipinski definition) is 7. The van der Waals surface area contributed by atoms with Crippen LogP contribution in [0.4, 0.5) is 27.5 Å². The van der Waals surface area contributed by atoms with Gasteiger partial charge in [0.05, 0.1) is 11.4 Å². The number of carbonyl (C=O) groups excluding carboxylic acids is 1. The number of nitrogens with two attached hydrogens (primary N) is 1. The zero-order valence-corrected chi connectivity index (χ0v) is 25.6. The van der Waals surface area contributed by atoms with Crippen LogP contribution in [-0.2, 0) is 0 Å². The van der Waals surface area contributed by atoms with Gasteiger partial charge in [0.2, 0.25) is 6.79 Å². The molecule has 2 aliphatic heterocycles. The van der Waals surface area contributed by atoms with Crippen molar-refractivity contribution in [2.45, 2.75) is 20.8 Å². The molecule has 0 aromatic heterocycles. The number of ether oxygens (including phenoxy) is 2. The third-order valence-electron chi connectivity index (χ3n) is 7.79. The Hall–Kier alpha value is -4.70.